The van der Waals surface area contributed by atoms with Crippen LogP contribution in [0.15, 0.2) is 22.7 Å². The summed E-state index contributed by atoms with van der Waals surface area (Å²) in [6.45, 7) is 6.02. The molecule has 0 N–H and O–H groups in total. The molecule has 0 saturated heterocycles. The van der Waals surface area contributed by atoms with E-state index >= 15 is 0 Å². The number of halogens is 1. The van der Waals surface area contributed by atoms with Gasteiger partial charge in [0, 0.05) is 16.3 Å². The largest absolute Gasteiger partial charge is 0.497 e. The lowest BCUT2D eigenvalue weighted by molar-refractivity contribution is -0.126. The molecule has 0 fully saturated rings. The van der Waals surface area contributed by atoms with Crippen molar-refractivity contribution in [3.8, 4) is 5.75 Å². The van der Waals surface area contributed by atoms with Crippen molar-refractivity contribution in [2.75, 3.05) is 7.11 Å². The highest BCUT2D eigenvalue weighted by Crippen LogP contribution is 2.27. The molecule has 0 aromatic heterocycles. The first-order valence-electron chi connectivity index (χ1n) is 5.76. The van der Waals surface area contributed by atoms with Gasteiger partial charge in [0.2, 0.25) is 0 Å². The van der Waals surface area contributed by atoms with E-state index in [0.29, 0.717) is 6.42 Å². The highest BCUT2D eigenvalue weighted by atomic mass is 79.9. The van der Waals surface area contributed by atoms with Gasteiger partial charge in [0.05, 0.1) is 7.11 Å². The van der Waals surface area contributed by atoms with Gasteiger partial charge in [0.1, 0.15) is 11.5 Å². The van der Waals surface area contributed by atoms with Crippen molar-refractivity contribution in [3.05, 3.63) is 28.2 Å². The summed E-state index contributed by atoms with van der Waals surface area (Å²) < 4.78 is 6.13. The van der Waals surface area contributed by atoms with Gasteiger partial charge >= 0.3 is 0 Å². The molecule has 0 radical (unpaired) electrons. The zero-order valence-corrected chi connectivity index (χ0v) is 12.4. The van der Waals surface area contributed by atoms with Crippen molar-refractivity contribution in [3.63, 3.8) is 0 Å². The molecule has 1 aromatic carbocycles. The fourth-order valence-corrected chi connectivity index (χ4v) is 1.81. The summed E-state index contributed by atoms with van der Waals surface area (Å²) in [6, 6.07) is 5.71. The highest BCUT2D eigenvalue weighted by Gasteiger charge is 2.25. The van der Waals surface area contributed by atoms with Crippen LogP contribution in [0.4, 0.5) is 0 Å². The molecule has 0 bridgehead atoms. The first-order valence-corrected chi connectivity index (χ1v) is 6.55. The van der Waals surface area contributed by atoms with Crippen LogP contribution in [0.5, 0.6) is 5.75 Å². The van der Waals surface area contributed by atoms with E-state index in [1.807, 2.05) is 39.0 Å². The second-order valence-corrected chi connectivity index (χ2v) is 5.65. The quantitative estimate of drug-likeness (QED) is 0.821. The van der Waals surface area contributed by atoms with Crippen molar-refractivity contribution in [2.24, 2.45) is 5.41 Å². The van der Waals surface area contributed by atoms with Crippen LogP contribution in [0.3, 0.4) is 0 Å². The van der Waals surface area contributed by atoms with Crippen molar-refractivity contribution in [2.45, 2.75) is 33.6 Å². The van der Waals surface area contributed by atoms with E-state index < -0.39 is 0 Å². The Balaban J connectivity index is 2.91. The van der Waals surface area contributed by atoms with Gasteiger partial charge in [-0.15, -0.1) is 0 Å². The van der Waals surface area contributed by atoms with E-state index in [1.54, 1.807) is 7.11 Å². The Morgan fingerprint density at radius 3 is 2.59 bits per heavy atom. The van der Waals surface area contributed by atoms with Crippen LogP contribution in [-0.2, 0) is 11.2 Å². The monoisotopic (exact) mass is 298 g/mol. The lowest BCUT2D eigenvalue weighted by atomic mass is 9.82. The average molecular weight is 299 g/mol. The topological polar surface area (TPSA) is 26.3 Å². The number of carbonyl (C=O) groups excluding carboxylic acids is 1. The lowest BCUT2D eigenvalue weighted by Crippen LogP contribution is -2.25. The van der Waals surface area contributed by atoms with Gasteiger partial charge in [0.15, 0.2) is 0 Å². The second-order valence-electron chi connectivity index (χ2n) is 4.79. The number of methoxy groups -OCH3 is 1. The third kappa shape index (κ3) is 3.56. The van der Waals surface area contributed by atoms with Gasteiger partial charge in [0.25, 0.3) is 0 Å². The fourth-order valence-electron chi connectivity index (χ4n) is 1.42. The number of rotatable bonds is 5. The van der Waals surface area contributed by atoms with E-state index in [1.165, 1.54) is 0 Å². The number of hydrogen-bond acceptors (Lipinski definition) is 2. The molecule has 17 heavy (non-hydrogen) atoms. The molecule has 0 heterocycles. The Morgan fingerprint density at radius 2 is 2.06 bits per heavy atom. The van der Waals surface area contributed by atoms with Gasteiger partial charge < -0.3 is 4.74 Å². The van der Waals surface area contributed by atoms with Gasteiger partial charge in [-0.25, -0.2) is 0 Å². The molecular formula is C14H19BrO2. The number of carbonyl (C=O) groups is 1. The van der Waals surface area contributed by atoms with Gasteiger partial charge in [-0.3, -0.25) is 4.79 Å². The molecule has 2 nitrogen and oxygen atoms in total. The molecule has 0 atom stereocenters. The summed E-state index contributed by atoms with van der Waals surface area (Å²) in [5, 5.41) is 0. The van der Waals surface area contributed by atoms with Gasteiger partial charge in [-0.05, 0) is 30.2 Å². The smallest absolute Gasteiger partial charge is 0.142 e. The maximum Gasteiger partial charge on any atom is 0.142 e. The Bertz CT molecular complexity index is 411. The summed E-state index contributed by atoms with van der Waals surface area (Å²) in [5.74, 6) is 1.04. The molecule has 0 aliphatic carbocycles. The van der Waals surface area contributed by atoms with Crippen LogP contribution in [-0.4, -0.2) is 12.9 Å². The van der Waals surface area contributed by atoms with E-state index in [-0.39, 0.29) is 11.2 Å². The maximum atomic E-state index is 12.2. The molecule has 0 spiro atoms. The van der Waals surface area contributed by atoms with Crippen LogP contribution < -0.4 is 4.74 Å². The number of Topliss-reactive ketones (excluding diaryl/α,β-unsaturated/α-hetero) is 1. The Kier molecular flexibility index (Phi) is 4.75. The summed E-state index contributed by atoms with van der Waals surface area (Å²) in [5.41, 5.74) is 0.721. The van der Waals surface area contributed by atoms with Crippen LogP contribution in [0.2, 0.25) is 0 Å². The molecule has 94 valence electrons. The van der Waals surface area contributed by atoms with E-state index in [2.05, 4.69) is 15.9 Å². The minimum absolute atomic E-state index is 0.258. The van der Waals surface area contributed by atoms with Crippen molar-refractivity contribution in [1.82, 2.24) is 0 Å². The molecule has 0 aliphatic rings. The van der Waals surface area contributed by atoms with Crippen LogP contribution in [0, 0.1) is 5.41 Å². The normalized spacial score (nSPS) is 11.4. The predicted octanol–water partition coefficient (Wildman–Crippen LogP) is 4.01. The number of ketones is 1. The fraction of sp³-hybridized carbons (Fsp3) is 0.500. The molecule has 0 amide bonds. The molecule has 3 heteroatoms. The summed E-state index contributed by atoms with van der Waals surface area (Å²) in [4.78, 5) is 12.2. The first-order chi connectivity index (χ1) is 7.90. The molecule has 0 saturated carbocycles. The zero-order chi connectivity index (χ0) is 13.1. The molecule has 0 unspecified atom stereocenters. The molecular weight excluding hydrogens is 280 g/mol. The van der Waals surface area contributed by atoms with Crippen molar-refractivity contribution >= 4 is 21.7 Å². The summed E-state index contributed by atoms with van der Waals surface area (Å²) in [7, 11) is 1.63. The van der Waals surface area contributed by atoms with Crippen LogP contribution in [0.25, 0.3) is 0 Å². The average Bonchev–Trinajstić information content (AvgIpc) is 2.31. The summed E-state index contributed by atoms with van der Waals surface area (Å²) in [6.07, 6.45) is 1.30. The van der Waals surface area contributed by atoms with Crippen molar-refractivity contribution in [1.29, 1.82) is 0 Å². The maximum absolute atomic E-state index is 12.2. The minimum atomic E-state index is -0.261. The standard InChI is InChI=1S/C14H19BrO2/c1-5-14(2,3)13(16)9-10-8-11(17-4)6-7-12(10)15/h6-8H,5,9H2,1-4H3. The molecule has 1 aromatic rings. The van der Waals surface area contributed by atoms with Crippen LogP contribution in [0.1, 0.15) is 32.8 Å². The Morgan fingerprint density at radius 1 is 1.41 bits per heavy atom. The van der Waals surface area contributed by atoms with E-state index in [9.17, 15) is 4.79 Å². The number of hydrogen-bond donors (Lipinski definition) is 0. The SMILES string of the molecule is CCC(C)(C)C(=O)Cc1cc(OC)ccc1Br. The number of ether oxygens (including phenoxy) is 1. The van der Waals surface area contributed by atoms with Crippen molar-refractivity contribution < 1.29 is 9.53 Å². The zero-order valence-electron chi connectivity index (χ0n) is 10.8. The van der Waals surface area contributed by atoms with E-state index in [4.69, 9.17) is 4.74 Å². The van der Waals surface area contributed by atoms with Gasteiger partial charge in [-0.2, -0.15) is 0 Å². The molecule has 0 aliphatic heterocycles. The summed E-state index contributed by atoms with van der Waals surface area (Å²) >= 11 is 3.47. The van der Waals surface area contributed by atoms with Gasteiger partial charge in [-0.1, -0.05) is 36.7 Å². The minimum Gasteiger partial charge on any atom is -0.497 e. The molecule has 1 rings (SSSR count). The first kappa shape index (κ1) is 14.2. The Labute approximate surface area is 111 Å². The van der Waals surface area contributed by atoms with Crippen LogP contribution >= 0.6 is 15.9 Å². The second kappa shape index (κ2) is 5.67. The third-order valence-electron chi connectivity index (χ3n) is 3.24. The Hall–Kier alpha value is -0.830. The van der Waals surface area contributed by atoms with E-state index in [0.717, 1.165) is 22.2 Å². The highest BCUT2D eigenvalue weighted by molar-refractivity contribution is 9.10. The third-order valence-corrected chi connectivity index (χ3v) is 4.02. The lowest BCUT2D eigenvalue weighted by Gasteiger charge is -2.21. The predicted molar refractivity (Wildman–Crippen MR) is 73.5 cm³/mol. The number of benzene rings is 1.